The lowest BCUT2D eigenvalue weighted by molar-refractivity contribution is 0.0584. The number of β-amino-alcohol motifs (C(OH)–C–C–N with tert-alkyl or cyclic N) is 1. The van der Waals surface area contributed by atoms with Gasteiger partial charge in [0, 0.05) is 36.6 Å². The molecule has 4 aromatic rings. The Kier molecular flexibility index (Phi) is 7.06. The maximum absolute atomic E-state index is 13.5. The van der Waals surface area contributed by atoms with Crippen molar-refractivity contribution in [2.75, 3.05) is 13.1 Å². The predicted molar refractivity (Wildman–Crippen MR) is 143 cm³/mol. The summed E-state index contributed by atoms with van der Waals surface area (Å²) in [5.41, 5.74) is 6.26. The number of aliphatic hydroxyl groups is 1. The van der Waals surface area contributed by atoms with E-state index in [-0.39, 0.29) is 5.91 Å². The SMILES string of the molecule is CC(O)CN1CCn2nc(-c3ccncc3)c(-c3ccc(OCc4ccc(C(C)C)cc4)cc3)c2C1=O. The first-order chi connectivity index (χ1) is 17.9. The van der Waals surface area contributed by atoms with Crippen LogP contribution < -0.4 is 4.74 Å². The van der Waals surface area contributed by atoms with Crippen molar-refractivity contribution >= 4 is 5.91 Å². The predicted octanol–water partition coefficient (Wildman–Crippen LogP) is 5.15. The minimum atomic E-state index is -0.598. The van der Waals surface area contributed by atoms with Gasteiger partial charge in [0.2, 0.25) is 0 Å². The lowest BCUT2D eigenvalue weighted by Gasteiger charge is -2.29. The largest absolute Gasteiger partial charge is 0.489 e. The molecule has 7 nitrogen and oxygen atoms in total. The lowest BCUT2D eigenvalue weighted by atomic mass is 9.98. The van der Waals surface area contributed by atoms with Crippen molar-refractivity contribution in [1.29, 1.82) is 0 Å². The third-order valence-corrected chi connectivity index (χ3v) is 6.66. The third kappa shape index (κ3) is 5.27. The molecule has 3 heterocycles. The van der Waals surface area contributed by atoms with E-state index in [0.717, 1.165) is 33.7 Å². The molecule has 0 bridgehead atoms. The third-order valence-electron chi connectivity index (χ3n) is 6.66. The summed E-state index contributed by atoms with van der Waals surface area (Å²) >= 11 is 0. The number of hydrogen-bond acceptors (Lipinski definition) is 5. The highest BCUT2D eigenvalue weighted by Crippen LogP contribution is 2.37. The fourth-order valence-corrected chi connectivity index (χ4v) is 4.67. The van der Waals surface area contributed by atoms with Gasteiger partial charge in [0.05, 0.1) is 12.6 Å². The first kappa shape index (κ1) is 24.7. The first-order valence-corrected chi connectivity index (χ1v) is 12.7. The van der Waals surface area contributed by atoms with Crippen molar-refractivity contribution in [1.82, 2.24) is 19.7 Å². The van der Waals surface area contributed by atoms with E-state index in [9.17, 15) is 9.90 Å². The van der Waals surface area contributed by atoms with Crippen LogP contribution in [0, 0.1) is 0 Å². The number of aromatic nitrogens is 3. The Morgan fingerprint density at radius 1 is 0.919 bits per heavy atom. The molecule has 0 fully saturated rings. The molecule has 1 aliphatic rings. The highest BCUT2D eigenvalue weighted by molar-refractivity contribution is 6.03. The monoisotopic (exact) mass is 496 g/mol. The molecule has 37 heavy (non-hydrogen) atoms. The molecule has 1 N–H and O–H groups in total. The van der Waals surface area contributed by atoms with Gasteiger partial charge in [0.15, 0.2) is 0 Å². The van der Waals surface area contributed by atoms with Gasteiger partial charge in [-0.3, -0.25) is 14.5 Å². The van der Waals surface area contributed by atoms with E-state index in [0.29, 0.717) is 37.9 Å². The molecule has 1 aliphatic heterocycles. The van der Waals surface area contributed by atoms with Crippen LogP contribution in [-0.4, -0.2) is 49.9 Å². The van der Waals surface area contributed by atoms with Gasteiger partial charge in [-0.15, -0.1) is 0 Å². The second kappa shape index (κ2) is 10.6. The lowest BCUT2D eigenvalue weighted by Crippen LogP contribution is -2.43. The van der Waals surface area contributed by atoms with Gasteiger partial charge in [-0.1, -0.05) is 50.2 Å². The second-order valence-corrected chi connectivity index (χ2v) is 9.84. The van der Waals surface area contributed by atoms with Crippen LogP contribution in [0.3, 0.4) is 0 Å². The standard InChI is InChI=1S/C30H32N4O3/c1-20(2)23-6-4-22(5-7-23)19-37-26-10-8-24(9-11-26)27-28(25-12-14-31-15-13-25)32-34-17-16-33(18-21(3)35)30(36)29(27)34/h4-15,20-21,35H,16-19H2,1-3H3. The zero-order valence-electron chi connectivity index (χ0n) is 21.5. The molecule has 1 amide bonds. The number of benzene rings is 2. The van der Waals surface area contributed by atoms with E-state index in [1.165, 1.54) is 5.56 Å². The number of nitrogens with zero attached hydrogens (tertiary/aromatic N) is 4. The van der Waals surface area contributed by atoms with Gasteiger partial charge in [-0.2, -0.15) is 5.10 Å². The van der Waals surface area contributed by atoms with Crippen LogP contribution in [0.4, 0.5) is 0 Å². The molecule has 5 rings (SSSR count). The molecule has 0 saturated carbocycles. The molecular formula is C30H32N4O3. The molecule has 0 aliphatic carbocycles. The summed E-state index contributed by atoms with van der Waals surface area (Å²) in [5, 5.41) is 14.7. The van der Waals surface area contributed by atoms with Crippen molar-refractivity contribution in [3.8, 4) is 28.1 Å². The molecule has 1 unspecified atom stereocenters. The molecular weight excluding hydrogens is 464 g/mol. The Morgan fingerprint density at radius 2 is 1.62 bits per heavy atom. The van der Waals surface area contributed by atoms with Crippen LogP contribution in [0.2, 0.25) is 0 Å². The number of pyridine rings is 1. The van der Waals surface area contributed by atoms with E-state index in [1.54, 1.807) is 28.9 Å². The van der Waals surface area contributed by atoms with Crippen LogP contribution in [0.1, 0.15) is 48.3 Å². The Hall–Kier alpha value is -3.97. The molecule has 0 radical (unpaired) electrons. The quantitative estimate of drug-likeness (QED) is 0.365. The van der Waals surface area contributed by atoms with Gasteiger partial charge in [0.1, 0.15) is 23.7 Å². The van der Waals surface area contributed by atoms with Crippen molar-refractivity contribution in [2.45, 2.75) is 45.9 Å². The Bertz CT molecular complexity index is 1360. The Morgan fingerprint density at radius 3 is 2.27 bits per heavy atom. The summed E-state index contributed by atoms with van der Waals surface area (Å²) in [6, 6.07) is 20.1. The van der Waals surface area contributed by atoms with Crippen LogP contribution in [0.5, 0.6) is 5.75 Å². The fourth-order valence-electron chi connectivity index (χ4n) is 4.67. The first-order valence-electron chi connectivity index (χ1n) is 12.7. The molecule has 7 heteroatoms. The summed E-state index contributed by atoms with van der Waals surface area (Å²) in [6.07, 6.45) is 2.85. The van der Waals surface area contributed by atoms with Gasteiger partial charge in [0.25, 0.3) is 5.91 Å². The van der Waals surface area contributed by atoms with E-state index < -0.39 is 6.10 Å². The number of amides is 1. The Labute approximate surface area is 217 Å². The topological polar surface area (TPSA) is 80.5 Å². The number of carbonyl (C=O) groups excluding carboxylic acids is 1. The molecule has 0 spiro atoms. The van der Waals surface area contributed by atoms with Gasteiger partial charge in [-0.05, 0) is 53.8 Å². The van der Waals surface area contributed by atoms with Crippen molar-refractivity contribution < 1.29 is 14.6 Å². The molecule has 1 atom stereocenters. The maximum atomic E-state index is 13.5. The van der Waals surface area contributed by atoms with E-state index in [4.69, 9.17) is 9.84 Å². The molecule has 2 aromatic heterocycles. The van der Waals surface area contributed by atoms with Gasteiger partial charge >= 0.3 is 0 Å². The summed E-state index contributed by atoms with van der Waals surface area (Å²) in [6.45, 7) is 7.92. The average molecular weight is 497 g/mol. The number of fused-ring (bicyclic) bond motifs is 1. The maximum Gasteiger partial charge on any atom is 0.272 e. The van der Waals surface area contributed by atoms with Crippen molar-refractivity contribution in [3.05, 3.63) is 89.9 Å². The Balaban J connectivity index is 1.44. The van der Waals surface area contributed by atoms with E-state index >= 15 is 0 Å². The smallest absolute Gasteiger partial charge is 0.272 e. The summed E-state index contributed by atoms with van der Waals surface area (Å²) in [7, 11) is 0. The van der Waals surface area contributed by atoms with Crippen LogP contribution in [0.15, 0.2) is 73.1 Å². The second-order valence-electron chi connectivity index (χ2n) is 9.84. The molecule has 2 aromatic carbocycles. The van der Waals surface area contributed by atoms with Crippen LogP contribution >= 0.6 is 0 Å². The summed E-state index contributed by atoms with van der Waals surface area (Å²) in [4.78, 5) is 19.3. The summed E-state index contributed by atoms with van der Waals surface area (Å²) < 4.78 is 7.83. The fraction of sp³-hybridized carbons (Fsp3) is 0.300. The number of rotatable bonds is 8. The number of carbonyl (C=O) groups is 1. The van der Waals surface area contributed by atoms with E-state index in [1.807, 2.05) is 36.4 Å². The van der Waals surface area contributed by atoms with Crippen LogP contribution in [-0.2, 0) is 13.2 Å². The van der Waals surface area contributed by atoms with Gasteiger partial charge < -0.3 is 14.7 Å². The highest BCUT2D eigenvalue weighted by Gasteiger charge is 2.32. The minimum Gasteiger partial charge on any atom is -0.489 e. The number of aliphatic hydroxyl groups excluding tert-OH is 1. The summed E-state index contributed by atoms with van der Waals surface area (Å²) in [5.74, 6) is 1.13. The van der Waals surface area contributed by atoms with Crippen molar-refractivity contribution in [2.24, 2.45) is 0 Å². The zero-order chi connectivity index (χ0) is 25.9. The minimum absolute atomic E-state index is 0.125. The molecule has 190 valence electrons. The van der Waals surface area contributed by atoms with Crippen molar-refractivity contribution in [3.63, 3.8) is 0 Å². The number of ether oxygens (including phenoxy) is 1. The normalized spacial score (nSPS) is 14.1. The average Bonchev–Trinajstić information content (AvgIpc) is 3.30. The van der Waals surface area contributed by atoms with Crippen LogP contribution in [0.25, 0.3) is 22.4 Å². The van der Waals surface area contributed by atoms with Gasteiger partial charge in [-0.25, -0.2) is 0 Å². The number of hydrogen-bond donors (Lipinski definition) is 1. The van der Waals surface area contributed by atoms with E-state index in [2.05, 4.69) is 43.1 Å². The zero-order valence-corrected chi connectivity index (χ0v) is 21.5. The molecule has 0 saturated heterocycles. The highest BCUT2D eigenvalue weighted by atomic mass is 16.5.